The summed E-state index contributed by atoms with van der Waals surface area (Å²) in [6.45, 7) is 7.98. The third kappa shape index (κ3) is 3.58. The second-order valence-corrected chi connectivity index (χ2v) is 5.18. The van der Waals surface area contributed by atoms with E-state index in [2.05, 4.69) is 29.1 Å². The minimum Gasteiger partial charge on any atom is -0.478 e. The first-order valence-corrected chi connectivity index (χ1v) is 6.34. The first-order chi connectivity index (χ1) is 8.11. The average molecular weight is 235 g/mol. The molecule has 4 nitrogen and oxygen atoms in total. The summed E-state index contributed by atoms with van der Waals surface area (Å²) in [6.07, 6.45) is 3.58. The third-order valence-corrected chi connectivity index (χ3v) is 3.06. The lowest BCUT2D eigenvalue weighted by Gasteiger charge is -2.11. The summed E-state index contributed by atoms with van der Waals surface area (Å²) in [5.74, 6) is 1.35. The molecule has 1 heterocycles. The van der Waals surface area contributed by atoms with Crippen LogP contribution in [0.4, 0.5) is 5.95 Å². The van der Waals surface area contributed by atoms with Crippen LogP contribution in [0.5, 0.6) is 5.88 Å². The third-order valence-electron chi connectivity index (χ3n) is 3.06. The van der Waals surface area contributed by atoms with Crippen molar-refractivity contribution >= 4 is 5.95 Å². The number of hydrogen-bond acceptors (Lipinski definition) is 4. The molecular formula is C13H21N3O. The van der Waals surface area contributed by atoms with Crippen molar-refractivity contribution in [3.05, 3.63) is 11.8 Å². The van der Waals surface area contributed by atoms with Crippen molar-refractivity contribution in [3.63, 3.8) is 0 Å². The quantitative estimate of drug-likeness (QED) is 0.823. The Labute approximate surface area is 103 Å². The van der Waals surface area contributed by atoms with E-state index >= 15 is 0 Å². The van der Waals surface area contributed by atoms with Crippen molar-refractivity contribution in [2.45, 2.75) is 40.0 Å². The Hall–Kier alpha value is -1.32. The van der Waals surface area contributed by atoms with Crippen LogP contribution in [0.15, 0.2) is 6.07 Å². The molecule has 0 unspecified atom stereocenters. The Morgan fingerprint density at radius 2 is 2.18 bits per heavy atom. The standard InChI is InChI=1S/C13H21N3O/c1-4-7-17-11-8-10(2)15-12(16-11)14-9-13(3)5-6-13/h8H,4-7,9H2,1-3H3,(H,14,15,16). The summed E-state index contributed by atoms with van der Waals surface area (Å²) < 4.78 is 5.53. The van der Waals surface area contributed by atoms with Crippen LogP contribution >= 0.6 is 0 Å². The molecule has 0 radical (unpaired) electrons. The Morgan fingerprint density at radius 3 is 2.82 bits per heavy atom. The van der Waals surface area contributed by atoms with Crippen molar-refractivity contribution in [1.82, 2.24) is 9.97 Å². The maximum atomic E-state index is 5.53. The van der Waals surface area contributed by atoms with Gasteiger partial charge in [0.05, 0.1) is 6.61 Å². The van der Waals surface area contributed by atoms with Crippen LogP contribution < -0.4 is 10.1 Å². The minimum absolute atomic E-state index is 0.456. The minimum atomic E-state index is 0.456. The molecule has 1 fully saturated rings. The summed E-state index contributed by atoms with van der Waals surface area (Å²) in [4.78, 5) is 8.73. The summed E-state index contributed by atoms with van der Waals surface area (Å²) in [6, 6.07) is 1.87. The smallest absolute Gasteiger partial charge is 0.226 e. The highest BCUT2D eigenvalue weighted by Crippen LogP contribution is 2.44. The Bertz CT molecular complexity index is 388. The number of aryl methyl sites for hydroxylation is 1. The fraction of sp³-hybridized carbons (Fsp3) is 0.692. The zero-order chi connectivity index (χ0) is 12.3. The van der Waals surface area contributed by atoms with Gasteiger partial charge in [0.25, 0.3) is 0 Å². The number of ether oxygens (including phenoxy) is 1. The lowest BCUT2D eigenvalue weighted by atomic mass is 10.1. The van der Waals surface area contributed by atoms with E-state index < -0.39 is 0 Å². The monoisotopic (exact) mass is 235 g/mol. The van der Waals surface area contributed by atoms with E-state index in [-0.39, 0.29) is 0 Å². The van der Waals surface area contributed by atoms with E-state index in [0.29, 0.717) is 23.9 Å². The average Bonchev–Trinajstić information content (AvgIpc) is 3.02. The van der Waals surface area contributed by atoms with Gasteiger partial charge in [-0.15, -0.1) is 0 Å². The van der Waals surface area contributed by atoms with Gasteiger partial charge in [-0.2, -0.15) is 4.98 Å². The van der Waals surface area contributed by atoms with Crippen LogP contribution in [-0.2, 0) is 0 Å². The van der Waals surface area contributed by atoms with Crippen LogP contribution in [0.3, 0.4) is 0 Å². The fourth-order valence-electron chi connectivity index (χ4n) is 1.58. The molecule has 1 aromatic heterocycles. The van der Waals surface area contributed by atoms with E-state index in [1.54, 1.807) is 0 Å². The van der Waals surface area contributed by atoms with Crippen LogP contribution in [0.25, 0.3) is 0 Å². The van der Waals surface area contributed by atoms with E-state index in [1.807, 2.05) is 13.0 Å². The normalized spacial score (nSPS) is 16.6. The summed E-state index contributed by atoms with van der Waals surface area (Å²) in [7, 11) is 0. The lowest BCUT2D eigenvalue weighted by molar-refractivity contribution is 0.305. The summed E-state index contributed by atoms with van der Waals surface area (Å²) in [5.41, 5.74) is 1.40. The molecule has 17 heavy (non-hydrogen) atoms. The molecular weight excluding hydrogens is 214 g/mol. The van der Waals surface area contributed by atoms with Gasteiger partial charge in [0, 0.05) is 18.3 Å². The van der Waals surface area contributed by atoms with Gasteiger partial charge in [-0.05, 0) is 31.6 Å². The Balaban J connectivity index is 1.97. The van der Waals surface area contributed by atoms with E-state index in [4.69, 9.17) is 4.74 Å². The van der Waals surface area contributed by atoms with Crippen molar-refractivity contribution in [1.29, 1.82) is 0 Å². The van der Waals surface area contributed by atoms with Gasteiger partial charge in [-0.25, -0.2) is 4.98 Å². The van der Waals surface area contributed by atoms with Gasteiger partial charge >= 0.3 is 0 Å². The number of aromatic nitrogens is 2. The molecule has 4 heteroatoms. The van der Waals surface area contributed by atoms with Crippen LogP contribution in [0, 0.1) is 12.3 Å². The summed E-state index contributed by atoms with van der Waals surface area (Å²) >= 11 is 0. The highest BCUT2D eigenvalue weighted by atomic mass is 16.5. The highest BCUT2D eigenvalue weighted by molar-refractivity contribution is 5.31. The molecule has 0 aliphatic heterocycles. The SMILES string of the molecule is CCCOc1cc(C)nc(NCC2(C)CC2)n1. The molecule has 1 aliphatic rings. The molecule has 0 amide bonds. The number of anilines is 1. The van der Waals surface area contributed by atoms with Crippen LogP contribution in [-0.4, -0.2) is 23.1 Å². The maximum Gasteiger partial charge on any atom is 0.226 e. The predicted octanol–water partition coefficient (Wildman–Crippen LogP) is 2.79. The molecule has 1 N–H and O–H groups in total. The zero-order valence-electron chi connectivity index (χ0n) is 10.9. The van der Waals surface area contributed by atoms with Crippen molar-refractivity contribution in [3.8, 4) is 5.88 Å². The molecule has 94 valence electrons. The van der Waals surface area contributed by atoms with Gasteiger partial charge in [0.2, 0.25) is 11.8 Å². The molecule has 1 aliphatic carbocycles. The largest absolute Gasteiger partial charge is 0.478 e. The van der Waals surface area contributed by atoms with Crippen LogP contribution in [0.1, 0.15) is 38.8 Å². The zero-order valence-corrected chi connectivity index (χ0v) is 10.9. The Kier molecular flexibility index (Phi) is 3.50. The van der Waals surface area contributed by atoms with E-state index in [1.165, 1.54) is 12.8 Å². The molecule has 0 aromatic carbocycles. The van der Waals surface area contributed by atoms with Gasteiger partial charge in [0.1, 0.15) is 0 Å². The maximum absolute atomic E-state index is 5.53. The topological polar surface area (TPSA) is 47.0 Å². The molecule has 1 aromatic rings. The van der Waals surface area contributed by atoms with Crippen molar-refractivity contribution < 1.29 is 4.74 Å². The fourth-order valence-corrected chi connectivity index (χ4v) is 1.58. The van der Waals surface area contributed by atoms with Gasteiger partial charge < -0.3 is 10.1 Å². The van der Waals surface area contributed by atoms with Gasteiger partial charge in [-0.1, -0.05) is 13.8 Å². The first kappa shape index (κ1) is 12.1. The molecule has 2 rings (SSSR count). The highest BCUT2D eigenvalue weighted by Gasteiger charge is 2.36. The van der Waals surface area contributed by atoms with Crippen LogP contribution in [0.2, 0.25) is 0 Å². The molecule has 0 atom stereocenters. The van der Waals surface area contributed by atoms with Crippen molar-refractivity contribution in [2.75, 3.05) is 18.5 Å². The van der Waals surface area contributed by atoms with Crippen molar-refractivity contribution in [2.24, 2.45) is 5.41 Å². The van der Waals surface area contributed by atoms with Gasteiger partial charge in [-0.3, -0.25) is 0 Å². The lowest BCUT2D eigenvalue weighted by Crippen LogP contribution is -2.14. The second kappa shape index (κ2) is 4.90. The number of nitrogens with zero attached hydrogens (tertiary/aromatic N) is 2. The second-order valence-electron chi connectivity index (χ2n) is 5.18. The first-order valence-electron chi connectivity index (χ1n) is 6.34. The summed E-state index contributed by atoms with van der Waals surface area (Å²) in [5, 5.41) is 3.30. The molecule has 0 saturated heterocycles. The van der Waals surface area contributed by atoms with E-state index in [9.17, 15) is 0 Å². The number of nitrogens with one attached hydrogen (secondary N) is 1. The van der Waals surface area contributed by atoms with Gasteiger partial charge in [0.15, 0.2) is 0 Å². The molecule has 0 bridgehead atoms. The number of hydrogen-bond donors (Lipinski definition) is 1. The molecule has 1 saturated carbocycles. The number of rotatable bonds is 6. The van der Waals surface area contributed by atoms with E-state index in [0.717, 1.165) is 18.7 Å². The molecule has 0 spiro atoms. The Morgan fingerprint density at radius 1 is 1.41 bits per heavy atom. The predicted molar refractivity (Wildman–Crippen MR) is 68.4 cm³/mol.